The second kappa shape index (κ2) is 7.98. The summed E-state index contributed by atoms with van der Waals surface area (Å²) in [6, 6.07) is 4.87. The van der Waals surface area contributed by atoms with Crippen molar-refractivity contribution in [1.82, 2.24) is 9.80 Å². The molecule has 132 valence electrons. The summed E-state index contributed by atoms with van der Waals surface area (Å²) in [5, 5.41) is 14.4. The molecule has 0 aliphatic carbocycles. The second-order valence-electron chi connectivity index (χ2n) is 5.84. The van der Waals surface area contributed by atoms with E-state index in [4.69, 9.17) is 9.84 Å². The molecular formula is C16H24N4O4. The molecule has 1 aromatic rings. The molecule has 1 aliphatic heterocycles. The summed E-state index contributed by atoms with van der Waals surface area (Å²) in [6.45, 7) is 3.53. The van der Waals surface area contributed by atoms with Crippen LogP contribution >= 0.6 is 0 Å². The maximum absolute atomic E-state index is 12.2. The van der Waals surface area contributed by atoms with E-state index in [-0.39, 0.29) is 18.5 Å². The summed E-state index contributed by atoms with van der Waals surface area (Å²) in [5.41, 5.74) is 1.12. The Morgan fingerprint density at radius 3 is 2.79 bits per heavy atom. The number of nitrogens with one attached hydrogen (secondary N) is 2. The average Bonchev–Trinajstić information content (AvgIpc) is 2.54. The Balaban J connectivity index is 1.92. The van der Waals surface area contributed by atoms with Crippen LogP contribution in [0.15, 0.2) is 18.2 Å². The molecule has 0 saturated heterocycles. The first kappa shape index (κ1) is 18.0. The van der Waals surface area contributed by atoms with Crippen LogP contribution in [-0.2, 0) is 4.79 Å². The molecule has 0 aromatic heterocycles. The predicted octanol–water partition coefficient (Wildman–Crippen LogP) is 0.794. The number of aliphatic hydroxyl groups excluding tert-OH is 1. The van der Waals surface area contributed by atoms with E-state index >= 15 is 0 Å². The van der Waals surface area contributed by atoms with Crippen LogP contribution in [0.5, 0.6) is 5.75 Å². The third-order valence-corrected chi connectivity index (χ3v) is 3.81. The first-order valence-corrected chi connectivity index (χ1v) is 7.84. The SMILES string of the molecule is CC1Oc2ccc(NC(=O)N(C)CCN(C)CCO)cc2NC1=O. The van der Waals surface area contributed by atoms with Crippen LogP contribution < -0.4 is 15.4 Å². The van der Waals surface area contributed by atoms with E-state index in [1.807, 2.05) is 11.9 Å². The number of amides is 3. The number of rotatable bonds is 6. The molecule has 0 fully saturated rings. The number of carbonyl (C=O) groups excluding carboxylic acids is 2. The number of carbonyl (C=O) groups is 2. The predicted molar refractivity (Wildman–Crippen MR) is 91.4 cm³/mol. The van der Waals surface area contributed by atoms with Gasteiger partial charge in [0.05, 0.1) is 12.3 Å². The minimum atomic E-state index is -0.528. The van der Waals surface area contributed by atoms with Crippen molar-refractivity contribution in [3.8, 4) is 5.75 Å². The van der Waals surface area contributed by atoms with Crippen LogP contribution in [0.25, 0.3) is 0 Å². The van der Waals surface area contributed by atoms with Gasteiger partial charge in [-0.15, -0.1) is 0 Å². The molecule has 1 unspecified atom stereocenters. The number of urea groups is 1. The first-order chi connectivity index (χ1) is 11.4. The summed E-state index contributed by atoms with van der Waals surface area (Å²) < 4.78 is 5.48. The van der Waals surface area contributed by atoms with Gasteiger partial charge in [0, 0.05) is 32.4 Å². The van der Waals surface area contributed by atoms with Crippen molar-refractivity contribution in [2.45, 2.75) is 13.0 Å². The summed E-state index contributed by atoms with van der Waals surface area (Å²) in [6.07, 6.45) is -0.528. The molecule has 3 N–H and O–H groups in total. The van der Waals surface area contributed by atoms with E-state index < -0.39 is 6.10 Å². The minimum Gasteiger partial charge on any atom is -0.479 e. The smallest absolute Gasteiger partial charge is 0.321 e. The lowest BCUT2D eigenvalue weighted by Gasteiger charge is -2.24. The second-order valence-corrected chi connectivity index (χ2v) is 5.84. The highest BCUT2D eigenvalue weighted by Crippen LogP contribution is 2.32. The number of nitrogens with zero attached hydrogens (tertiary/aromatic N) is 2. The van der Waals surface area contributed by atoms with E-state index in [0.717, 1.165) is 0 Å². The van der Waals surface area contributed by atoms with Gasteiger partial charge in [-0.05, 0) is 32.2 Å². The molecular weight excluding hydrogens is 312 g/mol. The third kappa shape index (κ3) is 4.59. The van der Waals surface area contributed by atoms with Gasteiger partial charge in [-0.1, -0.05) is 0 Å². The topological polar surface area (TPSA) is 94.1 Å². The number of benzene rings is 1. The zero-order valence-corrected chi connectivity index (χ0v) is 14.2. The minimum absolute atomic E-state index is 0.0912. The van der Waals surface area contributed by atoms with E-state index in [1.54, 1.807) is 37.1 Å². The fourth-order valence-corrected chi connectivity index (χ4v) is 2.21. The Morgan fingerprint density at radius 2 is 2.08 bits per heavy atom. The van der Waals surface area contributed by atoms with Crippen LogP contribution in [0.2, 0.25) is 0 Å². The van der Waals surface area contributed by atoms with E-state index in [2.05, 4.69) is 10.6 Å². The highest BCUT2D eigenvalue weighted by atomic mass is 16.5. The fourth-order valence-electron chi connectivity index (χ4n) is 2.21. The number of anilines is 2. The zero-order valence-electron chi connectivity index (χ0n) is 14.2. The quantitative estimate of drug-likeness (QED) is 0.714. The largest absolute Gasteiger partial charge is 0.479 e. The van der Waals surface area contributed by atoms with Crippen molar-refractivity contribution in [2.24, 2.45) is 0 Å². The number of hydrogen-bond acceptors (Lipinski definition) is 5. The van der Waals surface area contributed by atoms with Crippen LogP contribution in [0, 0.1) is 0 Å². The van der Waals surface area contributed by atoms with Gasteiger partial charge in [0.15, 0.2) is 6.10 Å². The first-order valence-electron chi connectivity index (χ1n) is 7.84. The van der Waals surface area contributed by atoms with E-state index in [1.165, 1.54) is 0 Å². The van der Waals surface area contributed by atoms with Crippen LogP contribution in [-0.4, -0.2) is 73.3 Å². The van der Waals surface area contributed by atoms with Gasteiger partial charge in [0.1, 0.15) is 5.75 Å². The Hall–Kier alpha value is -2.32. The Bertz CT molecular complexity index is 608. The Morgan fingerprint density at radius 1 is 1.33 bits per heavy atom. The van der Waals surface area contributed by atoms with Crippen LogP contribution in [0.4, 0.5) is 16.2 Å². The van der Waals surface area contributed by atoms with Gasteiger partial charge in [-0.3, -0.25) is 4.79 Å². The number of aliphatic hydroxyl groups is 1. The number of ether oxygens (including phenoxy) is 1. The summed E-state index contributed by atoms with van der Waals surface area (Å²) in [4.78, 5) is 27.3. The molecule has 1 atom stereocenters. The summed E-state index contributed by atoms with van der Waals surface area (Å²) in [7, 11) is 3.59. The summed E-state index contributed by atoms with van der Waals surface area (Å²) >= 11 is 0. The molecule has 1 aromatic carbocycles. The number of hydrogen-bond donors (Lipinski definition) is 3. The summed E-state index contributed by atoms with van der Waals surface area (Å²) in [5.74, 6) is 0.370. The van der Waals surface area contributed by atoms with Crippen molar-refractivity contribution in [3.05, 3.63) is 18.2 Å². The van der Waals surface area contributed by atoms with Gasteiger partial charge in [-0.2, -0.15) is 0 Å². The molecule has 0 radical (unpaired) electrons. The monoisotopic (exact) mass is 336 g/mol. The van der Waals surface area contributed by atoms with Crippen LogP contribution in [0.3, 0.4) is 0 Å². The standard InChI is InChI=1S/C16H24N4O4/c1-11-15(22)18-13-10-12(4-5-14(13)24-11)17-16(23)20(3)7-6-19(2)8-9-21/h4-5,10-11,21H,6-9H2,1-3H3,(H,17,23)(H,18,22). The molecule has 2 rings (SSSR count). The van der Waals surface area contributed by atoms with Crippen LogP contribution in [0.1, 0.15) is 6.92 Å². The maximum Gasteiger partial charge on any atom is 0.321 e. The number of likely N-dealkylation sites (N-methyl/N-ethyl adjacent to an activating group) is 2. The maximum atomic E-state index is 12.2. The lowest BCUT2D eigenvalue weighted by atomic mass is 10.2. The van der Waals surface area contributed by atoms with Gasteiger partial charge < -0.3 is 30.3 Å². The normalized spacial score (nSPS) is 16.2. The van der Waals surface area contributed by atoms with Gasteiger partial charge in [-0.25, -0.2) is 4.79 Å². The molecule has 0 spiro atoms. The molecule has 24 heavy (non-hydrogen) atoms. The van der Waals surface area contributed by atoms with Crippen molar-refractivity contribution < 1.29 is 19.4 Å². The molecule has 8 heteroatoms. The van der Waals surface area contributed by atoms with Gasteiger partial charge >= 0.3 is 6.03 Å². The highest BCUT2D eigenvalue weighted by Gasteiger charge is 2.23. The highest BCUT2D eigenvalue weighted by molar-refractivity contribution is 5.99. The average molecular weight is 336 g/mol. The van der Waals surface area contributed by atoms with Crippen molar-refractivity contribution in [3.63, 3.8) is 0 Å². The van der Waals surface area contributed by atoms with E-state index in [0.29, 0.717) is 36.8 Å². The molecule has 8 nitrogen and oxygen atoms in total. The third-order valence-electron chi connectivity index (χ3n) is 3.81. The van der Waals surface area contributed by atoms with Crippen molar-refractivity contribution in [1.29, 1.82) is 0 Å². The van der Waals surface area contributed by atoms with Crippen molar-refractivity contribution in [2.75, 3.05) is 51.0 Å². The van der Waals surface area contributed by atoms with E-state index in [9.17, 15) is 9.59 Å². The Labute approximate surface area is 141 Å². The zero-order chi connectivity index (χ0) is 17.7. The molecule has 1 aliphatic rings. The molecule has 0 bridgehead atoms. The molecule has 1 heterocycles. The Kier molecular flexibility index (Phi) is 5.99. The van der Waals surface area contributed by atoms with Gasteiger partial charge in [0.25, 0.3) is 5.91 Å². The lowest BCUT2D eigenvalue weighted by molar-refractivity contribution is -0.122. The fraction of sp³-hybridized carbons (Fsp3) is 0.500. The number of fused-ring (bicyclic) bond motifs is 1. The van der Waals surface area contributed by atoms with Gasteiger partial charge in [0.2, 0.25) is 0 Å². The lowest BCUT2D eigenvalue weighted by Crippen LogP contribution is -2.38. The molecule has 0 saturated carbocycles. The van der Waals surface area contributed by atoms with Crippen molar-refractivity contribution >= 4 is 23.3 Å². The molecule has 3 amide bonds.